The smallest absolute Gasteiger partial charge is 0.225 e. The van der Waals surface area contributed by atoms with E-state index in [0.717, 1.165) is 18.9 Å². The number of hydrogen-bond acceptors (Lipinski definition) is 5. The summed E-state index contributed by atoms with van der Waals surface area (Å²) in [5, 5.41) is 0.556. The molecule has 0 aliphatic carbocycles. The monoisotopic (exact) mass is 275 g/mol. The molecule has 5 nitrogen and oxygen atoms in total. The van der Waals surface area contributed by atoms with Crippen LogP contribution < -0.4 is 9.80 Å². The summed E-state index contributed by atoms with van der Waals surface area (Å²) in [5.41, 5.74) is 0. The van der Waals surface area contributed by atoms with E-state index in [1.165, 1.54) is 0 Å². The molecule has 0 N–H and O–H groups in total. The van der Waals surface area contributed by atoms with E-state index >= 15 is 0 Å². The Morgan fingerprint density at radius 2 is 1.95 bits per heavy atom. The van der Waals surface area contributed by atoms with E-state index in [0.29, 0.717) is 17.0 Å². The van der Waals surface area contributed by atoms with Crippen molar-refractivity contribution in [2.75, 3.05) is 29.9 Å². The average molecular weight is 276 g/mol. The molecule has 1 fully saturated rings. The zero-order chi connectivity index (χ0) is 13.2. The van der Waals surface area contributed by atoms with Gasteiger partial charge in [-0.25, -0.2) is 15.0 Å². The number of likely N-dealkylation sites (N-methyl/N-ethyl adjacent to an activating group) is 1. The van der Waals surface area contributed by atoms with Gasteiger partial charge in [0.1, 0.15) is 5.82 Å². The number of hydrogen-bond donors (Lipinski definition) is 0. The minimum Gasteiger partial charge on any atom is -0.352 e. The van der Waals surface area contributed by atoms with Crippen LogP contribution in [0.1, 0.15) is 0 Å². The fourth-order valence-electron chi connectivity index (χ4n) is 2.08. The minimum absolute atomic E-state index is 0.406. The quantitative estimate of drug-likeness (QED) is 0.855. The molecule has 3 rings (SSSR count). The third-order valence-electron chi connectivity index (χ3n) is 3.31. The van der Waals surface area contributed by atoms with Gasteiger partial charge in [-0.3, -0.25) is 0 Å². The van der Waals surface area contributed by atoms with Gasteiger partial charge in [-0.05, 0) is 12.1 Å². The largest absolute Gasteiger partial charge is 0.352 e. The molecular formula is C13H14ClN5. The predicted molar refractivity (Wildman–Crippen MR) is 75.7 cm³/mol. The van der Waals surface area contributed by atoms with Crippen molar-refractivity contribution in [1.29, 1.82) is 0 Å². The molecule has 3 heterocycles. The maximum atomic E-state index is 5.79. The number of halogens is 1. The van der Waals surface area contributed by atoms with Crippen molar-refractivity contribution in [3.63, 3.8) is 0 Å². The summed E-state index contributed by atoms with van der Waals surface area (Å²) in [7, 11) is 2.00. The molecule has 0 saturated carbocycles. The van der Waals surface area contributed by atoms with Gasteiger partial charge in [0, 0.05) is 26.3 Å². The van der Waals surface area contributed by atoms with E-state index in [1.807, 2.05) is 31.4 Å². The summed E-state index contributed by atoms with van der Waals surface area (Å²) >= 11 is 5.79. The Balaban J connectivity index is 1.63. The molecule has 0 bridgehead atoms. The van der Waals surface area contributed by atoms with Crippen LogP contribution in [-0.4, -0.2) is 41.1 Å². The van der Waals surface area contributed by atoms with Crippen LogP contribution in [0.25, 0.3) is 0 Å². The molecule has 0 atom stereocenters. The molecule has 1 aliphatic rings. The Hall–Kier alpha value is -1.88. The van der Waals surface area contributed by atoms with Crippen LogP contribution in [0.2, 0.25) is 5.02 Å². The minimum atomic E-state index is 0.406. The zero-order valence-corrected chi connectivity index (χ0v) is 11.3. The van der Waals surface area contributed by atoms with Crippen molar-refractivity contribution in [3.8, 4) is 0 Å². The number of nitrogens with zero attached hydrogens (tertiary/aromatic N) is 5. The zero-order valence-electron chi connectivity index (χ0n) is 10.6. The van der Waals surface area contributed by atoms with Gasteiger partial charge in [-0.2, -0.15) is 0 Å². The highest BCUT2D eigenvalue weighted by atomic mass is 35.5. The molecule has 2 aromatic rings. The first-order chi connectivity index (χ1) is 9.24. The highest BCUT2D eigenvalue weighted by molar-refractivity contribution is 6.30. The second kappa shape index (κ2) is 5.01. The Morgan fingerprint density at radius 3 is 2.58 bits per heavy atom. The lowest BCUT2D eigenvalue weighted by molar-refractivity contribution is 0.486. The molecule has 0 spiro atoms. The van der Waals surface area contributed by atoms with Gasteiger partial charge < -0.3 is 9.80 Å². The molecule has 19 heavy (non-hydrogen) atoms. The summed E-state index contributed by atoms with van der Waals surface area (Å²) in [6.45, 7) is 1.86. The lowest BCUT2D eigenvalue weighted by Crippen LogP contribution is -2.59. The third-order valence-corrected chi connectivity index (χ3v) is 3.50. The van der Waals surface area contributed by atoms with Crippen LogP contribution in [0.15, 0.2) is 36.8 Å². The van der Waals surface area contributed by atoms with Crippen molar-refractivity contribution in [3.05, 3.63) is 41.8 Å². The third kappa shape index (κ3) is 2.46. The standard InChI is InChI=1S/C13H14ClN5/c1-18(13-16-6-10(14)7-17-13)11-8-19(9-11)12-4-2-3-5-15-12/h2-7,11H,8-9H2,1H3. The summed E-state index contributed by atoms with van der Waals surface area (Å²) in [6.07, 6.45) is 5.06. The first-order valence-electron chi connectivity index (χ1n) is 6.10. The molecule has 1 aliphatic heterocycles. The number of anilines is 2. The summed E-state index contributed by atoms with van der Waals surface area (Å²) < 4.78 is 0. The molecular weight excluding hydrogens is 262 g/mol. The number of aromatic nitrogens is 3. The number of rotatable bonds is 3. The van der Waals surface area contributed by atoms with E-state index in [4.69, 9.17) is 11.6 Å². The van der Waals surface area contributed by atoms with Crippen molar-refractivity contribution < 1.29 is 0 Å². The van der Waals surface area contributed by atoms with E-state index in [9.17, 15) is 0 Å². The maximum absolute atomic E-state index is 5.79. The second-order valence-corrected chi connectivity index (χ2v) is 5.00. The first-order valence-corrected chi connectivity index (χ1v) is 6.48. The van der Waals surface area contributed by atoms with Gasteiger partial charge in [0.2, 0.25) is 5.95 Å². The second-order valence-electron chi connectivity index (χ2n) is 4.56. The molecule has 0 unspecified atom stereocenters. The van der Waals surface area contributed by atoms with Crippen LogP contribution in [0, 0.1) is 0 Å². The molecule has 1 saturated heterocycles. The van der Waals surface area contributed by atoms with Crippen molar-refractivity contribution >= 4 is 23.4 Å². The van der Waals surface area contributed by atoms with Crippen LogP contribution >= 0.6 is 11.6 Å². The lowest BCUT2D eigenvalue weighted by atomic mass is 10.1. The Morgan fingerprint density at radius 1 is 1.21 bits per heavy atom. The average Bonchev–Trinajstić information content (AvgIpc) is 2.39. The molecule has 0 amide bonds. The lowest BCUT2D eigenvalue weighted by Gasteiger charge is -2.44. The van der Waals surface area contributed by atoms with Crippen LogP contribution in [0.4, 0.5) is 11.8 Å². The number of pyridine rings is 1. The van der Waals surface area contributed by atoms with E-state index in [2.05, 4.69) is 24.8 Å². The van der Waals surface area contributed by atoms with Gasteiger partial charge in [0.05, 0.1) is 23.5 Å². The fraction of sp³-hybridized carbons (Fsp3) is 0.308. The maximum Gasteiger partial charge on any atom is 0.225 e. The highest BCUT2D eigenvalue weighted by Crippen LogP contribution is 2.22. The molecule has 98 valence electrons. The van der Waals surface area contributed by atoms with E-state index in [1.54, 1.807) is 12.4 Å². The Bertz CT molecular complexity index is 539. The first kappa shape index (κ1) is 12.2. The normalized spacial score (nSPS) is 15.2. The summed E-state index contributed by atoms with van der Waals surface area (Å²) in [4.78, 5) is 17.1. The fourth-order valence-corrected chi connectivity index (χ4v) is 2.18. The summed E-state index contributed by atoms with van der Waals surface area (Å²) in [5.74, 6) is 1.72. The van der Waals surface area contributed by atoms with Gasteiger partial charge in [-0.1, -0.05) is 17.7 Å². The Labute approximate surface area is 116 Å². The SMILES string of the molecule is CN(c1ncc(Cl)cn1)C1CN(c2ccccn2)C1. The predicted octanol–water partition coefficient (Wildman–Crippen LogP) is 1.85. The Kier molecular flexibility index (Phi) is 3.21. The van der Waals surface area contributed by atoms with Crippen LogP contribution in [0.3, 0.4) is 0 Å². The van der Waals surface area contributed by atoms with Crippen molar-refractivity contribution in [2.45, 2.75) is 6.04 Å². The van der Waals surface area contributed by atoms with Gasteiger partial charge >= 0.3 is 0 Å². The molecule has 2 aromatic heterocycles. The van der Waals surface area contributed by atoms with Crippen LogP contribution in [0.5, 0.6) is 0 Å². The molecule has 0 aromatic carbocycles. The topological polar surface area (TPSA) is 45.2 Å². The summed E-state index contributed by atoms with van der Waals surface area (Å²) in [6, 6.07) is 6.36. The van der Waals surface area contributed by atoms with Gasteiger partial charge in [0.25, 0.3) is 0 Å². The van der Waals surface area contributed by atoms with Crippen molar-refractivity contribution in [1.82, 2.24) is 15.0 Å². The molecule has 6 heteroatoms. The van der Waals surface area contributed by atoms with Gasteiger partial charge in [-0.15, -0.1) is 0 Å². The van der Waals surface area contributed by atoms with Crippen molar-refractivity contribution in [2.24, 2.45) is 0 Å². The highest BCUT2D eigenvalue weighted by Gasteiger charge is 2.31. The van der Waals surface area contributed by atoms with Crippen LogP contribution in [-0.2, 0) is 0 Å². The van der Waals surface area contributed by atoms with Gasteiger partial charge in [0.15, 0.2) is 0 Å². The van der Waals surface area contributed by atoms with E-state index in [-0.39, 0.29) is 0 Å². The van der Waals surface area contributed by atoms with E-state index < -0.39 is 0 Å². The molecule has 0 radical (unpaired) electrons.